The van der Waals surface area contributed by atoms with E-state index >= 15 is 0 Å². The van der Waals surface area contributed by atoms with Crippen LogP contribution in [0, 0.1) is 18.6 Å². The Kier molecular flexibility index (Phi) is 3.58. The predicted octanol–water partition coefficient (Wildman–Crippen LogP) is 1.89. The lowest BCUT2D eigenvalue weighted by Gasteiger charge is -2.31. The second kappa shape index (κ2) is 5.33. The number of benzene rings is 1. The summed E-state index contributed by atoms with van der Waals surface area (Å²) < 4.78 is 34.8. The molecule has 1 aromatic carbocycles. The summed E-state index contributed by atoms with van der Waals surface area (Å²) in [6.07, 6.45) is 1.62. The van der Waals surface area contributed by atoms with Crippen molar-refractivity contribution in [2.75, 3.05) is 25.2 Å². The van der Waals surface area contributed by atoms with Crippen LogP contribution in [-0.2, 0) is 11.2 Å². The molecule has 2 heterocycles. The van der Waals surface area contributed by atoms with Crippen LogP contribution in [-0.4, -0.2) is 30.8 Å². The van der Waals surface area contributed by atoms with Gasteiger partial charge in [-0.25, -0.2) is 13.6 Å². The van der Waals surface area contributed by atoms with E-state index in [1.54, 1.807) is 19.0 Å². The Balaban J connectivity index is 2.49. The first kappa shape index (κ1) is 15.5. The third kappa shape index (κ3) is 2.10. The Morgan fingerprint density at radius 1 is 1.35 bits per heavy atom. The molecule has 23 heavy (non-hydrogen) atoms. The Bertz CT molecular complexity index is 889. The normalized spacial score (nSPS) is 13.5. The zero-order valence-corrected chi connectivity index (χ0v) is 13.1. The molecule has 5 nitrogen and oxygen atoms in total. The molecule has 0 spiro atoms. The monoisotopic (exact) mass is 322 g/mol. The van der Waals surface area contributed by atoms with Crippen LogP contribution in [0.4, 0.5) is 8.78 Å². The summed E-state index contributed by atoms with van der Waals surface area (Å²) in [7, 11) is 1.75. The third-order valence-electron chi connectivity index (χ3n) is 4.19. The van der Waals surface area contributed by atoms with E-state index < -0.39 is 23.0 Å². The van der Waals surface area contributed by atoms with Crippen LogP contribution in [0.15, 0.2) is 11.0 Å². The molecular formula is C16H16F2N2O3. The van der Waals surface area contributed by atoms with Crippen molar-refractivity contribution in [3.05, 3.63) is 44.7 Å². The van der Waals surface area contributed by atoms with E-state index in [4.69, 9.17) is 4.74 Å². The van der Waals surface area contributed by atoms with Crippen molar-refractivity contribution in [3.63, 3.8) is 0 Å². The van der Waals surface area contributed by atoms with Gasteiger partial charge in [0, 0.05) is 30.9 Å². The van der Waals surface area contributed by atoms with E-state index in [9.17, 15) is 18.4 Å². The summed E-state index contributed by atoms with van der Waals surface area (Å²) in [6.45, 7) is 3.53. The molecule has 0 atom stereocenters. The first-order valence-corrected chi connectivity index (χ1v) is 7.32. The molecule has 0 radical (unpaired) electrons. The molecule has 0 unspecified atom stereocenters. The predicted molar refractivity (Wildman–Crippen MR) is 81.5 cm³/mol. The molecule has 122 valence electrons. The Morgan fingerprint density at radius 2 is 2.04 bits per heavy atom. The lowest BCUT2D eigenvalue weighted by molar-refractivity contribution is 0.0524. The average molecular weight is 322 g/mol. The van der Waals surface area contributed by atoms with E-state index in [1.165, 1.54) is 17.8 Å². The second-order valence-electron chi connectivity index (χ2n) is 5.52. The van der Waals surface area contributed by atoms with Crippen molar-refractivity contribution in [2.24, 2.45) is 0 Å². The third-order valence-corrected chi connectivity index (χ3v) is 4.19. The van der Waals surface area contributed by atoms with Crippen LogP contribution < -0.4 is 10.4 Å². The number of carbonyl (C=O) groups is 1. The standard InChI is InChI=1S/C16H16F2N2O3/c1-4-23-16(22)10-7-20-14-9(5-6-19(20)3)13(18)12(17)8(2)11(14)15(10)21/h7H,4-6H2,1-3H3. The fourth-order valence-electron chi connectivity index (χ4n) is 2.98. The van der Waals surface area contributed by atoms with Crippen molar-refractivity contribution >= 4 is 16.9 Å². The topological polar surface area (TPSA) is 51.5 Å². The van der Waals surface area contributed by atoms with Crippen molar-refractivity contribution in [1.82, 2.24) is 4.68 Å². The van der Waals surface area contributed by atoms with E-state index in [0.29, 0.717) is 12.1 Å². The number of hydrogen-bond acceptors (Lipinski definition) is 4. The number of likely N-dealkylation sites (N-methyl/N-ethyl adjacent to an activating group) is 1. The van der Waals surface area contributed by atoms with Gasteiger partial charge < -0.3 is 9.75 Å². The highest BCUT2D eigenvalue weighted by Crippen LogP contribution is 2.29. The van der Waals surface area contributed by atoms with Crippen LogP contribution in [0.5, 0.6) is 0 Å². The Morgan fingerprint density at radius 3 is 2.70 bits per heavy atom. The number of rotatable bonds is 2. The first-order chi connectivity index (χ1) is 10.9. The van der Waals surface area contributed by atoms with Crippen molar-refractivity contribution in [1.29, 1.82) is 0 Å². The molecule has 7 heteroatoms. The van der Waals surface area contributed by atoms with Crippen LogP contribution in [0.1, 0.15) is 28.4 Å². The summed E-state index contributed by atoms with van der Waals surface area (Å²) in [5.74, 6) is -2.74. The molecule has 1 aromatic heterocycles. The molecular weight excluding hydrogens is 306 g/mol. The molecule has 0 saturated carbocycles. The lowest BCUT2D eigenvalue weighted by atomic mass is 9.98. The molecule has 1 aliphatic heterocycles. The smallest absolute Gasteiger partial charge is 0.343 e. The Hall–Kier alpha value is -2.44. The summed E-state index contributed by atoms with van der Waals surface area (Å²) in [4.78, 5) is 24.7. The fraction of sp³-hybridized carbons (Fsp3) is 0.375. The SMILES string of the molecule is CCOC(=O)c1cn2c3c(c(F)c(F)c(C)c3c1=O)CCN2C. The maximum absolute atomic E-state index is 14.2. The summed E-state index contributed by atoms with van der Waals surface area (Å²) in [5.41, 5.74) is -0.445. The van der Waals surface area contributed by atoms with Gasteiger partial charge in [-0.1, -0.05) is 0 Å². The minimum atomic E-state index is -1.04. The zero-order chi connectivity index (χ0) is 16.9. The maximum atomic E-state index is 14.2. The minimum Gasteiger partial charge on any atom is -0.462 e. The van der Waals surface area contributed by atoms with Crippen LogP contribution in [0.25, 0.3) is 10.9 Å². The van der Waals surface area contributed by atoms with Gasteiger partial charge in [-0.3, -0.25) is 9.47 Å². The first-order valence-electron chi connectivity index (χ1n) is 7.32. The number of pyridine rings is 1. The van der Waals surface area contributed by atoms with Crippen molar-refractivity contribution in [3.8, 4) is 0 Å². The lowest BCUT2D eigenvalue weighted by Crippen LogP contribution is -2.39. The van der Waals surface area contributed by atoms with Gasteiger partial charge in [-0.05, 0) is 20.3 Å². The van der Waals surface area contributed by atoms with Gasteiger partial charge in [0.05, 0.1) is 17.5 Å². The molecule has 0 aliphatic carbocycles. The molecule has 0 amide bonds. The van der Waals surface area contributed by atoms with Gasteiger partial charge in [-0.2, -0.15) is 0 Å². The largest absolute Gasteiger partial charge is 0.462 e. The quantitative estimate of drug-likeness (QED) is 0.792. The van der Waals surface area contributed by atoms with E-state index in [1.807, 2.05) is 0 Å². The molecule has 0 bridgehead atoms. The maximum Gasteiger partial charge on any atom is 0.343 e. The van der Waals surface area contributed by atoms with Crippen LogP contribution >= 0.6 is 0 Å². The van der Waals surface area contributed by atoms with Crippen molar-refractivity contribution in [2.45, 2.75) is 20.3 Å². The average Bonchev–Trinajstić information content (AvgIpc) is 2.52. The highest BCUT2D eigenvalue weighted by atomic mass is 19.2. The van der Waals surface area contributed by atoms with Gasteiger partial charge in [0.1, 0.15) is 5.56 Å². The highest BCUT2D eigenvalue weighted by Gasteiger charge is 2.28. The summed E-state index contributed by atoms with van der Waals surface area (Å²) in [5, 5.41) is 1.77. The number of ether oxygens (including phenoxy) is 1. The van der Waals surface area contributed by atoms with Gasteiger partial charge in [0.25, 0.3) is 0 Å². The van der Waals surface area contributed by atoms with Crippen LogP contribution in [0.3, 0.4) is 0 Å². The van der Waals surface area contributed by atoms with E-state index in [2.05, 4.69) is 0 Å². The second-order valence-corrected chi connectivity index (χ2v) is 5.52. The number of nitrogens with zero attached hydrogens (tertiary/aromatic N) is 2. The molecule has 1 aliphatic rings. The van der Waals surface area contributed by atoms with E-state index in [-0.39, 0.29) is 35.1 Å². The molecule has 3 rings (SSSR count). The molecule has 2 aromatic rings. The number of aromatic nitrogens is 1. The summed E-state index contributed by atoms with van der Waals surface area (Å²) in [6, 6.07) is 0. The number of aryl methyl sites for hydroxylation is 1. The Labute approximate surface area is 131 Å². The summed E-state index contributed by atoms with van der Waals surface area (Å²) >= 11 is 0. The number of hydrogen-bond donors (Lipinski definition) is 0. The molecule has 0 N–H and O–H groups in total. The van der Waals surface area contributed by atoms with Crippen LogP contribution in [0.2, 0.25) is 0 Å². The number of halogens is 2. The van der Waals surface area contributed by atoms with Gasteiger partial charge in [-0.15, -0.1) is 0 Å². The number of carbonyl (C=O) groups excluding carboxylic acids is 1. The zero-order valence-electron chi connectivity index (χ0n) is 13.1. The molecule has 0 fully saturated rings. The molecule has 0 saturated heterocycles. The van der Waals surface area contributed by atoms with Gasteiger partial charge in [0.15, 0.2) is 11.6 Å². The highest BCUT2D eigenvalue weighted by molar-refractivity contribution is 5.96. The van der Waals surface area contributed by atoms with E-state index in [0.717, 1.165) is 0 Å². The number of esters is 1. The van der Waals surface area contributed by atoms with Gasteiger partial charge >= 0.3 is 5.97 Å². The van der Waals surface area contributed by atoms with Gasteiger partial charge in [0.2, 0.25) is 5.43 Å². The van der Waals surface area contributed by atoms with Crippen molar-refractivity contribution < 1.29 is 18.3 Å². The minimum absolute atomic E-state index is 0.0241. The fourth-order valence-corrected chi connectivity index (χ4v) is 2.98.